The summed E-state index contributed by atoms with van der Waals surface area (Å²) >= 11 is 0. The number of anilines is 1. The van der Waals surface area contributed by atoms with Crippen LogP contribution in [0.4, 0.5) is 10.2 Å². The second kappa shape index (κ2) is 9.48. The van der Waals surface area contributed by atoms with Gasteiger partial charge >= 0.3 is 0 Å². The third kappa shape index (κ3) is 4.86. The number of aromatic amines is 1. The van der Waals surface area contributed by atoms with Crippen LogP contribution in [0.3, 0.4) is 0 Å². The highest BCUT2D eigenvalue weighted by Crippen LogP contribution is 2.25. The van der Waals surface area contributed by atoms with Crippen LogP contribution >= 0.6 is 0 Å². The minimum Gasteiger partial charge on any atom is -0.354 e. The molecule has 1 aliphatic heterocycles. The maximum atomic E-state index is 15.0. The van der Waals surface area contributed by atoms with Crippen LogP contribution in [0.25, 0.3) is 21.8 Å². The summed E-state index contributed by atoms with van der Waals surface area (Å²) in [6.45, 7) is 5.42. The maximum absolute atomic E-state index is 15.0. The first-order valence-corrected chi connectivity index (χ1v) is 14.0. The van der Waals surface area contributed by atoms with Crippen molar-refractivity contribution in [2.45, 2.75) is 19.4 Å². The number of H-pyrrole nitrogens is 1. The van der Waals surface area contributed by atoms with E-state index >= 15 is 4.39 Å². The Hall–Kier alpha value is -3.83. The van der Waals surface area contributed by atoms with E-state index in [-0.39, 0.29) is 16.4 Å². The molecule has 38 heavy (non-hydrogen) atoms. The summed E-state index contributed by atoms with van der Waals surface area (Å²) in [5.41, 5.74) is 0.335. The van der Waals surface area contributed by atoms with Crippen LogP contribution in [0.15, 0.2) is 59.5 Å². The number of nitrogens with one attached hydrogen (secondary N) is 2. The molecule has 1 saturated heterocycles. The monoisotopic (exact) mass is 537 g/mol. The highest BCUT2D eigenvalue weighted by molar-refractivity contribution is 7.88. The average Bonchev–Trinajstić information content (AvgIpc) is 2.88. The maximum Gasteiger partial charge on any atom is 0.255 e. The van der Waals surface area contributed by atoms with E-state index in [9.17, 15) is 18.0 Å². The smallest absolute Gasteiger partial charge is 0.255 e. The van der Waals surface area contributed by atoms with Crippen molar-refractivity contribution in [3.63, 3.8) is 0 Å². The Bertz CT molecular complexity index is 1710. The fourth-order valence-electron chi connectivity index (χ4n) is 4.73. The van der Waals surface area contributed by atoms with Crippen LogP contribution in [-0.2, 0) is 15.6 Å². The van der Waals surface area contributed by atoms with Crippen molar-refractivity contribution in [3.05, 3.63) is 81.9 Å². The van der Waals surface area contributed by atoms with Crippen LogP contribution in [0, 0.1) is 5.82 Å². The number of hydrogen-bond acceptors (Lipinski definition) is 6. The van der Waals surface area contributed by atoms with Crippen molar-refractivity contribution in [1.29, 1.82) is 0 Å². The number of nitrogens with zero attached hydrogens (tertiary/aromatic N) is 3. The highest BCUT2D eigenvalue weighted by atomic mass is 32.2. The van der Waals surface area contributed by atoms with Gasteiger partial charge in [0.1, 0.15) is 11.6 Å². The van der Waals surface area contributed by atoms with Crippen molar-refractivity contribution in [2.75, 3.05) is 37.3 Å². The van der Waals surface area contributed by atoms with Gasteiger partial charge in [0.25, 0.3) is 5.91 Å². The molecule has 5 rings (SSSR count). The first-order valence-electron chi connectivity index (χ1n) is 12.2. The van der Waals surface area contributed by atoms with Gasteiger partial charge in [-0.25, -0.2) is 17.8 Å². The standard InChI is InChI=1S/C27H28FN5O4S/c1-27(2,17-8-9-24(29-16-17)32-10-12-33(13-11-32)38(3,36)37)31-26(35)19-15-23-20(14-21(19)28)25(34)18-6-4-5-7-22(18)30-23/h4-9,14-16H,10-13H2,1-3H3,(H,30,34)(H,31,35). The molecule has 0 unspecified atom stereocenters. The minimum atomic E-state index is -3.22. The summed E-state index contributed by atoms with van der Waals surface area (Å²) in [7, 11) is -3.22. The summed E-state index contributed by atoms with van der Waals surface area (Å²) in [5.74, 6) is -0.696. The second-order valence-corrected chi connectivity index (χ2v) is 12.0. The Morgan fingerprint density at radius 1 is 1.03 bits per heavy atom. The molecule has 0 aliphatic carbocycles. The largest absolute Gasteiger partial charge is 0.354 e. The fourth-order valence-corrected chi connectivity index (χ4v) is 5.56. The Morgan fingerprint density at radius 2 is 1.74 bits per heavy atom. The van der Waals surface area contributed by atoms with Crippen molar-refractivity contribution in [3.8, 4) is 0 Å². The van der Waals surface area contributed by atoms with Gasteiger partial charge in [-0.05, 0) is 49.7 Å². The molecule has 2 aromatic carbocycles. The molecular weight excluding hydrogens is 509 g/mol. The van der Waals surface area contributed by atoms with Gasteiger partial charge in [-0.3, -0.25) is 9.59 Å². The Kier molecular flexibility index (Phi) is 6.44. The average molecular weight is 538 g/mol. The van der Waals surface area contributed by atoms with Crippen LogP contribution < -0.4 is 15.6 Å². The lowest BCUT2D eigenvalue weighted by molar-refractivity contribution is 0.0908. The first-order chi connectivity index (χ1) is 17.9. The predicted octanol–water partition coefficient (Wildman–Crippen LogP) is 2.96. The lowest BCUT2D eigenvalue weighted by Crippen LogP contribution is -2.48. The molecule has 4 aromatic rings. The Labute approximate surface area is 219 Å². The van der Waals surface area contributed by atoms with Gasteiger partial charge in [0, 0.05) is 48.7 Å². The molecule has 0 saturated carbocycles. The zero-order chi connectivity index (χ0) is 27.2. The van der Waals surface area contributed by atoms with Gasteiger partial charge in [0.05, 0.1) is 22.9 Å². The van der Waals surface area contributed by atoms with E-state index in [1.54, 1.807) is 44.3 Å². The molecule has 9 nitrogen and oxygen atoms in total. The number of amides is 1. The number of carbonyl (C=O) groups excluding carboxylic acids is 1. The summed E-state index contributed by atoms with van der Waals surface area (Å²) in [6, 6.07) is 13.1. The zero-order valence-corrected chi connectivity index (χ0v) is 22.1. The van der Waals surface area contributed by atoms with Crippen LogP contribution in [0.1, 0.15) is 29.8 Å². The van der Waals surface area contributed by atoms with E-state index in [2.05, 4.69) is 15.3 Å². The normalized spacial score (nSPS) is 15.2. The molecule has 11 heteroatoms. The lowest BCUT2D eigenvalue weighted by Gasteiger charge is -2.34. The van der Waals surface area contributed by atoms with Gasteiger partial charge in [-0.1, -0.05) is 18.2 Å². The van der Waals surface area contributed by atoms with Gasteiger partial charge < -0.3 is 15.2 Å². The number of pyridine rings is 2. The number of halogens is 1. The number of hydrogen-bond donors (Lipinski definition) is 2. The molecule has 0 radical (unpaired) electrons. The molecule has 1 amide bonds. The van der Waals surface area contributed by atoms with Crippen molar-refractivity contribution in [1.82, 2.24) is 19.6 Å². The lowest BCUT2D eigenvalue weighted by atomic mass is 9.95. The molecule has 0 atom stereocenters. The minimum absolute atomic E-state index is 0.175. The number of rotatable bonds is 5. The quantitative estimate of drug-likeness (QED) is 0.378. The number of aromatic nitrogens is 2. The molecule has 1 fully saturated rings. The van der Waals surface area contributed by atoms with Crippen LogP contribution in [-0.4, -0.2) is 61.0 Å². The van der Waals surface area contributed by atoms with Gasteiger partial charge in [-0.2, -0.15) is 4.31 Å². The van der Waals surface area contributed by atoms with E-state index in [1.165, 1.54) is 16.6 Å². The Balaban J connectivity index is 1.35. The van der Waals surface area contributed by atoms with E-state index in [0.717, 1.165) is 6.07 Å². The van der Waals surface area contributed by atoms with Crippen LogP contribution in [0.5, 0.6) is 0 Å². The fraction of sp³-hybridized carbons (Fsp3) is 0.296. The predicted molar refractivity (Wildman–Crippen MR) is 145 cm³/mol. The van der Waals surface area contributed by atoms with Crippen molar-refractivity contribution < 1.29 is 17.6 Å². The van der Waals surface area contributed by atoms with E-state index in [0.29, 0.717) is 54.0 Å². The molecule has 198 valence electrons. The van der Waals surface area contributed by atoms with Gasteiger partial charge in [0.2, 0.25) is 10.0 Å². The second-order valence-electron chi connectivity index (χ2n) is 10.0. The number of fused-ring (bicyclic) bond motifs is 2. The van der Waals surface area contributed by atoms with Gasteiger partial charge in [0.15, 0.2) is 5.43 Å². The number of carbonyl (C=O) groups is 1. The summed E-state index contributed by atoms with van der Waals surface area (Å²) < 4.78 is 40.0. The van der Waals surface area contributed by atoms with Gasteiger partial charge in [-0.15, -0.1) is 0 Å². The first kappa shape index (κ1) is 25.8. The number of para-hydroxylation sites is 1. The topological polar surface area (TPSA) is 115 Å². The number of piperazine rings is 1. The summed E-state index contributed by atoms with van der Waals surface area (Å²) in [6.07, 6.45) is 2.86. The number of sulfonamides is 1. The molecule has 1 aliphatic rings. The molecule has 0 spiro atoms. The van der Waals surface area contributed by atoms with Crippen molar-refractivity contribution >= 4 is 43.6 Å². The SMILES string of the molecule is CC(C)(NC(=O)c1cc2[nH]c3ccccc3c(=O)c2cc1F)c1ccc(N2CCN(S(C)(=O)=O)CC2)nc1. The summed E-state index contributed by atoms with van der Waals surface area (Å²) in [5, 5.41) is 3.49. The molecule has 3 heterocycles. The third-order valence-electron chi connectivity index (χ3n) is 6.96. The molecule has 2 aromatic heterocycles. The van der Waals surface area contributed by atoms with E-state index in [4.69, 9.17) is 0 Å². The Morgan fingerprint density at radius 3 is 2.39 bits per heavy atom. The van der Waals surface area contributed by atoms with Crippen molar-refractivity contribution in [2.24, 2.45) is 0 Å². The van der Waals surface area contributed by atoms with E-state index < -0.39 is 27.3 Å². The zero-order valence-electron chi connectivity index (χ0n) is 21.3. The number of benzene rings is 2. The molecule has 0 bridgehead atoms. The third-order valence-corrected chi connectivity index (χ3v) is 8.27. The molecular formula is C27H28FN5O4S. The molecule has 2 N–H and O–H groups in total. The van der Waals surface area contributed by atoms with Crippen LogP contribution in [0.2, 0.25) is 0 Å². The van der Waals surface area contributed by atoms with E-state index in [1.807, 2.05) is 17.0 Å². The highest BCUT2D eigenvalue weighted by Gasteiger charge is 2.27. The summed E-state index contributed by atoms with van der Waals surface area (Å²) in [4.78, 5) is 35.6.